The Morgan fingerprint density at radius 3 is 1.97 bits per heavy atom. The Balaban J connectivity index is 1.38. The topological polar surface area (TPSA) is 151 Å². The fraction of sp³-hybridized carbons (Fsp3) is 0.759. The van der Waals surface area contributed by atoms with Crippen LogP contribution in [0.25, 0.3) is 0 Å². The van der Waals surface area contributed by atoms with Gasteiger partial charge in [0.2, 0.25) is 0 Å². The number of aliphatic carboxylic acids is 2. The first-order valence-electron chi connectivity index (χ1n) is 24.7. The summed E-state index contributed by atoms with van der Waals surface area (Å²) in [4.78, 5) is 71.0. The quantitative estimate of drug-likeness (QED) is 0.144. The van der Waals surface area contributed by atoms with Gasteiger partial charge in [-0.1, -0.05) is 72.2 Å². The third-order valence-corrected chi connectivity index (χ3v) is 18.8. The lowest BCUT2D eigenvalue weighted by molar-refractivity contribution is -0.235. The lowest BCUT2D eigenvalue weighted by Crippen LogP contribution is -2.66. The number of esters is 2. The monoisotopic (exact) mass is 937 g/mol. The van der Waals surface area contributed by atoms with Crippen LogP contribution in [0, 0.1) is 61.6 Å². The van der Waals surface area contributed by atoms with Crippen LogP contribution >= 0.6 is 11.6 Å². The molecule has 6 rings (SSSR count). The fourth-order valence-electron chi connectivity index (χ4n) is 14.5. The minimum Gasteiger partial charge on any atom is -0.481 e. The molecule has 4 saturated carbocycles. The Morgan fingerprint density at radius 1 is 0.788 bits per heavy atom. The number of carbonyl (C=O) groups is 5. The van der Waals surface area contributed by atoms with Crippen molar-refractivity contribution >= 4 is 41.3 Å². The first-order chi connectivity index (χ1) is 30.4. The van der Waals surface area contributed by atoms with E-state index in [1.165, 1.54) is 5.57 Å². The zero-order chi connectivity index (χ0) is 49.2. The molecule has 1 aromatic rings. The van der Waals surface area contributed by atoms with Gasteiger partial charge in [-0.15, -0.1) is 0 Å². The molecular weight excluding hydrogens is 856 g/mol. The average Bonchev–Trinajstić information content (AvgIpc) is 3.51. The number of allylic oxidation sites excluding steroid dienone is 1. The Morgan fingerprint density at radius 2 is 1.39 bits per heavy atom. The Kier molecular flexibility index (Phi) is 14.7. The summed E-state index contributed by atoms with van der Waals surface area (Å²) >= 11 is 6.31. The van der Waals surface area contributed by atoms with Gasteiger partial charge in [-0.05, 0) is 162 Å². The highest BCUT2D eigenvalue weighted by molar-refractivity contribution is 6.30. The summed E-state index contributed by atoms with van der Waals surface area (Å²) in [5.41, 5.74) is -0.739. The minimum absolute atomic E-state index is 0.0309. The number of benzene rings is 1. The summed E-state index contributed by atoms with van der Waals surface area (Å²) in [6, 6.07) is 7.81. The van der Waals surface area contributed by atoms with Crippen LogP contribution in [0.4, 0.5) is 0 Å². The highest BCUT2D eigenvalue weighted by Crippen LogP contribution is 2.77. The van der Waals surface area contributed by atoms with Crippen LogP contribution in [0.15, 0.2) is 35.4 Å². The molecular formula is C54H81ClN2O9. The minimum atomic E-state index is -1.33. The molecule has 0 amide bonds. The number of fused-ring (bicyclic) bond motifs is 7. The van der Waals surface area contributed by atoms with Gasteiger partial charge in [0.05, 0.1) is 23.7 Å². The summed E-state index contributed by atoms with van der Waals surface area (Å²) in [6.07, 6.45) is 5.84. The second-order valence-electron chi connectivity index (χ2n) is 24.6. The number of hydrogen-bond donors (Lipinski definition) is 2. The third-order valence-electron chi connectivity index (χ3n) is 18.5. The van der Waals surface area contributed by atoms with E-state index in [4.69, 9.17) is 21.1 Å². The van der Waals surface area contributed by atoms with Gasteiger partial charge in [-0.2, -0.15) is 0 Å². The molecule has 4 fully saturated rings. The number of ether oxygens (including phenoxy) is 2. The lowest BCUT2D eigenvalue weighted by atomic mass is 9.33. The van der Waals surface area contributed by atoms with Gasteiger partial charge >= 0.3 is 23.9 Å². The predicted molar refractivity (Wildman–Crippen MR) is 257 cm³/mol. The molecule has 5 aliphatic rings. The van der Waals surface area contributed by atoms with Gasteiger partial charge in [0.1, 0.15) is 12.2 Å². The largest absolute Gasteiger partial charge is 0.481 e. The molecule has 12 heteroatoms. The van der Waals surface area contributed by atoms with Crippen molar-refractivity contribution in [3.8, 4) is 0 Å². The molecule has 5 aliphatic carbocycles. The maximum atomic E-state index is 14.8. The Labute approximate surface area is 400 Å². The van der Waals surface area contributed by atoms with Gasteiger partial charge < -0.3 is 24.6 Å². The van der Waals surface area contributed by atoms with Crippen molar-refractivity contribution < 1.29 is 43.7 Å². The number of Topliss-reactive ketones (excluding diaryl/α,β-unsaturated/α-hetero) is 1. The number of ketones is 1. The summed E-state index contributed by atoms with van der Waals surface area (Å²) in [6.45, 7) is 24.9. The first kappa shape index (κ1) is 52.1. The molecule has 0 spiro atoms. The van der Waals surface area contributed by atoms with E-state index >= 15 is 0 Å². The van der Waals surface area contributed by atoms with Gasteiger partial charge in [0.25, 0.3) is 0 Å². The summed E-state index contributed by atoms with van der Waals surface area (Å²) in [7, 11) is 4.08. The summed E-state index contributed by atoms with van der Waals surface area (Å²) in [5, 5.41) is 20.4. The highest BCUT2D eigenvalue weighted by atomic mass is 35.5. The number of carboxylic acid groups (broad SMARTS) is 2. The maximum absolute atomic E-state index is 14.8. The molecule has 0 saturated heterocycles. The van der Waals surface area contributed by atoms with Gasteiger partial charge in [-0.3, -0.25) is 28.9 Å². The van der Waals surface area contributed by atoms with E-state index < -0.39 is 46.2 Å². The van der Waals surface area contributed by atoms with Crippen LogP contribution < -0.4 is 0 Å². The van der Waals surface area contributed by atoms with E-state index in [1.54, 1.807) is 27.7 Å². The number of nitrogens with zero attached hydrogens (tertiary/aromatic N) is 2. The molecule has 0 bridgehead atoms. The zero-order valence-electron chi connectivity index (χ0n) is 42.4. The summed E-state index contributed by atoms with van der Waals surface area (Å²) in [5.74, 6) is -2.24. The maximum Gasteiger partial charge on any atom is 0.309 e. The second-order valence-corrected chi connectivity index (χ2v) is 25.0. The van der Waals surface area contributed by atoms with Crippen molar-refractivity contribution in [2.75, 3.05) is 33.7 Å². The van der Waals surface area contributed by atoms with Crippen molar-refractivity contribution in [1.82, 2.24) is 9.80 Å². The Bertz CT molecular complexity index is 2080. The molecule has 0 heterocycles. The smallest absolute Gasteiger partial charge is 0.309 e. The van der Waals surface area contributed by atoms with Crippen molar-refractivity contribution in [1.29, 1.82) is 0 Å². The van der Waals surface area contributed by atoms with Crippen molar-refractivity contribution in [2.45, 2.75) is 166 Å². The molecule has 0 aliphatic heterocycles. The normalized spacial score (nSPS) is 32.3. The number of likely N-dealkylation sites (N-methyl/N-ethyl adjacent to an activating group) is 1. The number of halogens is 1. The molecule has 0 radical (unpaired) electrons. The van der Waals surface area contributed by atoms with Crippen LogP contribution in [0.5, 0.6) is 0 Å². The van der Waals surface area contributed by atoms with Crippen LogP contribution in [0.3, 0.4) is 0 Å². The van der Waals surface area contributed by atoms with E-state index in [2.05, 4.69) is 58.3 Å². The van der Waals surface area contributed by atoms with Gasteiger partial charge in [0.15, 0.2) is 5.78 Å². The van der Waals surface area contributed by atoms with E-state index in [0.717, 1.165) is 62.6 Å². The van der Waals surface area contributed by atoms with E-state index in [9.17, 15) is 34.2 Å². The number of carboxylic acids is 2. The molecule has 2 unspecified atom stereocenters. The second kappa shape index (κ2) is 18.6. The summed E-state index contributed by atoms with van der Waals surface area (Å²) < 4.78 is 13.0. The SMILES string of the molecule is CC(C)C1=C2[C@H]3CCC4[C@@]5(C)CC[C@H](OC(=O)CC(C)(C)C(=O)O)C(C)(C)C5CC[C@@]4(C)[C@]3(C)CC[C@@]2([C@@H](CN(CCN(C)C)Cc2ccc(Cl)cc2)OC(=O)CC(C)(C)C(=O)O)CC1=O. The lowest BCUT2D eigenvalue weighted by Gasteiger charge is -2.72. The molecule has 9 atom stereocenters. The molecule has 11 nitrogen and oxygen atoms in total. The van der Waals surface area contributed by atoms with Crippen LogP contribution in [0.1, 0.15) is 152 Å². The van der Waals surface area contributed by atoms with E-state index in [0.29, 0.717) is 37.0 Å². The Hall–Kier alpha value is -3.28. The van der Waals surface area contributed by atoms with Crippen LogP contribution in [-0.2, 0) is 40.0 Å². The number of rotatable bonds is 17. The van der Waals surface area contributed by atoms with Gasteiger partial charge in [-0.25, -0.2) is 0 Å². The standard InChI is InChI=1S/C54H81ClN2O9/c1-33(2)44-37(58)28-54(41(66-43(60)30-49(5,6)47(63)64)32-57(27-26-56(12)13)31-34-14-16-35(55)17-15-34)25-24-52(10)36(45(44)54)18-19-39-51(9)22-21-40(65-42(59)29-48(3,4)46(61)62)50(7,8)38(51)20-23-53(39,52)11/h14-17,33,36,38-41H,18-32H2,1-13H3,(H,61,62)(H,63,64)/t36-,38?,39?,40+,41-,51+,52-,53-,54+/m1/s1. The van der Waals surface area contributed by atoms with Crippen molar-refractivity contribution in [3.63, 3.8) is 0 Å². The predicted octanol–water partition coefficient (Wildman–Crippen LogP) is 10.5. The van der Waals surface area contributed by atoms with Gasteiger partial charge in [0, 0.05) is 48.5 Å². The molecule has 1 aromatic carbocycles. The third kappa shape index (κ3) is 9.41. The number of hydrogen-bond acceptors (Lipinski definition) is 9. The van der Waals surface area contributed by atoms with Crippen LogP contribution in [0.2, 0.25) is 5.02 Å². The molecule has 66 heavy (non-hydrogen) atoms. The molecule has 368 valence electrons. The van der Waals surface area contributed by atoms with E-state index in [1.807, 2.05) is 38.4 Å². The van der Waals surface area contributed by atoms with E-state index in [-0.39, 0.29) is 70.6 Å². The van der Waals surface area contributed by atoms with Crippen molar-refractivity contribution in [2.24, 2.45) is 61.6 Å². The van der Waals surface area contributed by atoms with Crippen LogP contribution in [-0.4, -0.2) is 95.6 Å². The highest BCUT2D eigenvalue weighted by Gasteiger charge is 2.71. The first-order valence-corrected chi connectivity index (χ1v) is 25.1. The fourth-order valence-corrected chi connectivity index (χ4v) is 14.6. The number of carbonyl (C=O) groups excluding carboxylic acids is 3. The molecule has 0 aromatic heterocycles. The van der Waals surface area contributed by atoms with Crippen molar-refractivity contribution in [3.05, 3.63) is 46.0 Å². The molecule has 2 N–H and O–H groups in total. The average molecular weight is 938 g/mol. The zero-order valence-corrected chi connectivity index (χ0v) is 43.2.